The lowest BCUT2D eigenvalue weighted by molar-refractivity contribution is 0.116. The topological polar surface area (TPSA) is 23.5 Å². The summed E-state index contributed by atoms with van der Waals surface area (Å²) in [6.45, 7) is 3.78. The van der Waals surface area contributed by atoms with E-state index < -0.39 is 0 Å². The number of rotatable bonds is 7. The van der Waals surface area contributed by atoms with Crippen molar-refractivity contribution in [2.75, 3.05) is 20.1 Å². The number of benzene rings is 2. The van der Waals surface area contributed by atoms with Crippen molar-refractivity contribution < 1.29 is 5.11 Å². The summed E-state index contributed by atoms with van der Waals surface area (Å²) in [5.74, 6) is 0.243. The second-order valence-electron chi connectivity index (χ2n) is 5.62. The summed E-state index contributed by atoms with van der Waals surface area (Å²) in [5.41, 5.74) is 2.53. The third-order valence-electron chi connectivity index (χ3n) is 3.97. The molecule has 0 spiro atoms. The van der Waals surface area contributed by atoms with Gasteiger partial charge in [0.2, 0.25) is 0 Å². The molecule has 2 heteroatoms. The predicted molar refractivity (Wildman–Crippen MR) is 88.5 cm³/mol. The van der Waals surface area contributed by atoms with Crippen LogP contribution in [0.4, 0.5) is 0 Å². The summed E-state index contributed by atoms with van der Waals surface area (Å²) < 4.78 is 0. The van der Waals surface area contributed by atoms with Gasteiger partial charge in [-0.05, 0) is 31.1 Å². The minimum atomic E-state index is -0.319. The van der Waals surface area contributed by atoms with Crippen LogP contribution in [0.25, 0.3) is 0 Å². The summed E-state index contributed by atoms with van der Waals surface area (Å²) in [7, 11) is 2.04. The monoisotopic (exact) mass is 283 g/mol. The molecule has 0 aliphatic rings. The Morgan fingerprint density at radius 1 is 0.905 bits per heavy atom. The highest BCUT2D eigenvalue weighted by Crippen LogP contribution is 2.29. The summed E-state index contributed by atoms with van der Waals surface area (Å²) in [6, 6.07) is 20.9. The first-order chi connectivity index (χ1) is 10.2. The molecule has 1 N–H and O–H groups in total. The van der Waals surface area contributed by atoms with Crippen LogP contribution in [-0.2, 0) is 0 Å². The molecule has 0 aromatic heterocycles. The van der Waals surface area contributed by atoms with Gasteiger partial charge >= 0.3 is 0 Å². The van der Waals surface area contributed by atoms with Crippen molar-refractivity contribution in [2.45, 2.75) is 25.4 Å². The Bertz CT molecular complexity index is 472. The molecule has 0 amide bonds. The molecule has 0 heterocycles. The zero-order chi connectivity index (χ0) is 15.1. The van der Waals surface area contributed by atoms with Gasteiger partial charge in [-0.2, -0.15) is 0 Å². The van der Waals surface area contributed by atoms with Gasteiger partial charge in [0.25, 0.3) is 0 Å². The lowest BCUT2D eigenvalue weighted by Gasteiger charge is -2.24. The molecule has 1 unspecified atom stereocenters. The largest absolute Gasteiger partial charge is 0.392 e. The average Bonchev–Trinajstić information content (AvgIpc) is 2.54. The van der Waals surface area contributed by atoms with Crippen molar-refractivity contribution in [3.63, 3.8) is 0 Å². The van der Waals surface area contributed by atoms with Gasteiger partial charge in [0.05, 0.1) is 6.10 Å². The van der Waals surface area contributed by atoms with Gasteiger partial charge in [-0.1, -0.05) is 67.6 Å². The maximum Gasteiger partial charge on any atom is 0.0676 e. The number of aliphatic hydroxyl groups is 1. The van der Waals surface area contributed by atoms with Gasteiger partial charge < -0.3 is 10.0 Å². The molecular formula is C19H25NO. The van der Waals surface area contributed by atoms with E-state index in [0.29, 0.717) is 6.54 Å². The molecule has 1 atom stereocenters. The summed E-state index contributed by atoms with van der Waals surface area (Å²) in [6.07, 6.45) is 0.429. The fourth-order valence-corrected chi connectivity index (χ4v) is 2.67. The molecule has 2 nitrogen and oxygen atoms in total. The molecular weight excluding hydrogens is 258 g/mol. The minimum Gasteiger partial charge on any atom is -0.392 e. The SMILES string of the molecule is CCN(C)CC(O)CC(c1ccccc1)c1ccccc1. The number of aliphatic hydroxyl groups excluding tert-OH is 1. The second kappa shape index (κ2) is 7.96. The van der Waals surface area contributed by atoms with Crippen LogP contribution < -0.4 is 0 Å². The number of hydrogen-bond acceptors (Lipinski definition) is 2. The van der Waals surface area contributed by atoms with Crippen LogP contribution in [0.15, 0.2) is 60.7 Å². The lowest BCUT2D eigenvalue weighted by atomic mass is 9.86. The van der Waals surface area contributed by atoms with Crippen molar-refractivity contribution in [3.8, 4) is 0 Å². The lowest BCUT2D eigenvalue weighted by Crippen LogP contribution is -2.30. The second-order valence-corrected chi connectivity index (χ2v) is 5.62. The van der Waals surface area contributed by atoms with Crippen LogP contribution in [0.1, 0.15) is 30.4 Å². The van der Waals surface area contributed by atoms with Crippen molar-refractivity contribution in [1.82, 2.24) is 4.90 Å². The Kier molecular flexibility index (Phi) is 5.97. The predicted octanol–water partition coefficient (Wildman–Crippen LogP) is 3.52. The molecule has 0 aliphatic carbocycles. The average molecular weight is 283 g/mol. The van der Waals surface area contributed by atoms with Crippen LogP contribution in [0.5, 0.6) is 0 Å². The molecule has 0 saturated carbocycles. The smallest absolute Gasteiger partial charge is 0.0676 e. The van der Waals surface area contributed by atoms with E-state index in [-0.39, 0.29) is 12.0 Å². The standard InChI is InChI=1S/C19H25NO/c1-3-20(2)15-18(21)14-19(16-10-6-4-7-11-16)17-12-8-5-9-13-17/h4-13,18-19,21H,3,14-15H2,1-2H3. The fourth-order valence-electron chi connectivity index (χ4n) is 2.67. The van der Waals surface area contributed by atoms with Crippen molar-refractivity contribution in [3.05, 3.63) is 71.8 Å². The molecule has 21 heavy (non-hydrogen) atoms. The van der Waals surface area contributed by atoms with E-state index in [1.165, 1.54) is 11.1 Å². The van der Waals surface area contributed by atoms with E-state index in [9.17, 15) is 5.11 Å². The third kappa shape index (κ3) is 4.69. The Morgan fingerprint density at radius 2 is 1.38 bits per heavy atom. The van der Waals surface area contributed by atoms with E-state index in [4.69, 9.17) is 0 Å². The van der Waals surface area contributed by atoms with Crippen molar-refractivity contribution >= 4 is 0 Å². The Balaban J connectivity index is 2.17. The van der Waals surface area contributed by atoms with Crippen LogP contribution >= 0.6 is 0 Å². The molecule has 0 saturated heterocycles. The van der Waals surface area contributed by atoms with Gasteiger partial charge in [-0.25, -0.2) is 0 Å². The molecule has 0 bridgehead atoms. The first kappa shape index (κ1) is 15.7. The molecule has 2 aromatic rings. The van der Waals surface area contributed by atoms with Crippen molar-refractivity contribution in [2.24, 2.45) is 0 Å². The zero-order valence-electron chi connectivity index (χ0n) is 12.9. The van der Waals surface area contributed by atoms with Gasteiger partial charge in [-0.3, -0.25) is 0 Å². The Morgan fingerprint density at radius 3 is 1.81 bits per heavy atom. The van der Waals surface area contributed by atoms with Crippen LogP contribution in [0.3, 0.4) is 0 Å². The first-order valence-corrected chi connectivity index (χ1v) is 7.67. The fraction of sp³-hybridized carbons (Fsp3) is 0.368. The van der Waals surface area contributed by atoms with Gasteiger partial charge in [0.1, 0.15) is 0 Å². The zero-order valence-corrected chi connectivity index (χ0v) is 12.9. The molecule has 2 rings (SSSR count). The van der Waals surface area contributed by atoms with Gasteiger partial charge in [-0.15, -0.1) is 0 Å². The van der Waals surface area contributed by atoms with E-state index in [2.05, 4.69) is 60.4 Å². The summed E-state index contributed by atoms with van der Waals surface area (Å²) in [4.78, 5) is 2.15. The molecule has 0 fully saturated rings. The highest BCUT2D eigenvalue weighted by atomic mass is 16.3. The Labute approximate surface area is 128 Å². The third-order valence-corrected chi connectivity index (χ3v) is 3.97. The van der Waals surface area contributed by atoms with Gasteiger partial charge in [0.15, 0.2) is 0 Å². The van der Waals surface area contributed by atoms with Crippen LogP contribution in [0, 0.1) is 0 Å². The van der Waals surface area contributed by atoms with E-state index >= 15 is 0 Å². The normalized spacial score (nSPS) is 12.8. The van der Waals surface area contributed by atoms with E-state index in [0.717, 1.165) is 13.0 Å². The summed E-state index contributed by atoms with van der Waals surface area (Å²) >= 11 is 0. The first-order valence-electron chi connectivity index (χ1n) is 7.67. The van der Waals surface area contributed by atoms with Crippen molar-refractivity contribution in [1.29, 1.82) is 0 Å². The maximum atomic E-state index is 10.4. The van der Waals surface area contributed by atoms with Gasteiger partial charge in [0, 0.05) is 12.5 Å². The summed E-state index contributed by atoms with van der Waals surface area (Å²) in [5, 5.41) is 10.4. The highest BCUT2D eigenvalue weighted by Gasteiger charge is 2.19. The van der Waals surface area contributed by atoms with Crippen LogP contribution in [0.2, 0.25) is 0 Å². The Hall–Kier alpha value is -1.64. The van der Waals surface area contributed by atoms with E-state index in [1.54, 1.807) is 0 Å². The molecule has 2 aromatic carbocycles. The number of likely N-dealkylation sites (N-methyl/N-ethyl adjacent to an activating group) is 1. The molecule has 0 radical (unpaired) electrons. The number of hydrogen-bond donors (Lipinski definition) is 1. The highest BCUT2D eigenvalue weighted by molar-refractivity contribution is 5.32. The maximum absolute atomic E-state index is 10.4. The minimum absolute atomic E-state index is 0.243. The number of nitrogens with zero attached hydrogens (tertiary/aromatic N) is 1. The van der Waals surface area contributed by atoms with Crippen LogP contribution in [-0.4, -0.2) is 36.2 Å². The molecule has 0 aliphatic heterocycles. The quantitative estimate of drug-likeness (QED) is 0.840. The van der Waals surface area contributed by atoms with E-state index in [1.807, 2.05) is 19.2 Å². The molecule has 112 valence electrons.